The Morgan fingerprint density at radius 1 is 1.15 bits per heavy atom. The molecule has 0 spiro atoms. The lowest BCUT2D eigenvalue weighted by Gasteiger charge is -2.18. The average Bonchev–Trinajstić information content (AvgIpc) is 2.72. The van der Waals surface area contributed by atoms with E-state index in [0.717, 1.165) is 5.56 Å². The number of ether oxygens (including phenoxy) is 1. The number of carbonyl (C=O) groups excluding carboxylic acids is 1. The summed E-state index contributed by atoms with van der Waals surface area (Å²) >= 11 is 0. The van der Waals surface area contributed by atoms with E-state index in [4.69, 9.17) is 10.5 Å². The van der Waals surface area contributed by atoms with E-state index in [1.807, 2.05) is 18.2 Å². The molecule has 1 amide bonds. The maximum absolute atomic E-state index is 12.5. The third-order valence-corrected chi connectivity index (χ3v) is 3.42. The Balaban J connectivity index is 2.09. The van der Waals surface area contributed by atoms with Gasteiger partial charge in [-0.3, -0.25) is 9.69 Å². The molecular formula is C16H14N2O2. The molecule has 0 radical (unpaired) electrons. The molecule has 2 aromatic rings. The molecule has 0 aliphatic carbocycles. The lowest BCUT2D eigenvalue weighted by molar-refractivity contribution is 0.101. The number of amides is 1. The van der Waals surface area contributed by atoms with E-state index in [0.29, 0.717) is 28.4 Å². The van der Waals surface area contributed by atoms with Crippen LogP contribution in [-0.2, 0) is 0 Å². The first-order valence-corrected chi connectivity index (χ1v) is 6.19. The zero-order valence-electron chi connectivity index (χ0n) is 11.1. The molecule has 0 aromatic heterocycles. The number of nitrogen functional groups attached to an aromatic ring is 1. The SMILES string of the molecule is C=C1c2ccccc2C(=O)N1c1ccc(N)c(OC)c1. The summed E-state index contributed by atoms with van der Waals surface area (Å²) in [6.45, 7) is 4.01. The Bertz CT molecular complexity index is 687. The van der Waals surface area contributed by atoms with E-state index >= 15 is 0 Å². The highest BCUT2D eigenvalue weighted by Gasteiger charge is 2.31. The van der Waals surface area contributed by atoms with Gasteiger partial charge in [0, 0.05) is 17.2 Å². The van der Waals surface area contributed by atoms with Gasteiger partial charge < -0.3 is 10.5 Å². The summed E-state index contributed by atoms with van der Waals surface area (Å²) in [5, 5.41) is 0. The number of anilines is 2. The van der Waals surface area contributed by atoms with Gasteiger partial charge in [-0.25, -0.2) is 0 Å². The van der Waals surface area contributed by atoms with Gasteiger partial charge >= 0.3 is 0 Å². The Kier molecular flexibility index (Phi) is 2.71. The van der Waals surface area contributed by atoms with E-state index < -0.39 is 0 Å². The Hall–Kier alpha value is -2.75. The summed E-state index contributed by atoms with van der Waals surface area (Å²) in [6.07, 6.45) is 0. The highest BCUT2D eigenvalue weighted by molar-refractivity contribution is 6.22. The van der Waals surface area contributed by atoms with Crippen molar-refractivity contribution in [3.8, 4) is 5.75 Å². The van der Waals surface area contributed by atoms with Gasteiger partial charge in [-0.05, 0) is 18.2 Å². The van der Waals surface area contributed by atoms with E-state index in [9.17, 15) is 4.79 Å². The molecule has 0 fully saturated rings. The number of rotatable bonds is 2. The van der Waals surface area contributed by atoms with Gasteiger partial charge in [0.2, 0.25) is 0 Å². The number of nitrogens with two attached hydrogens (primary N) is 1. The van der Waals surface area contributed by atoms with Crippen LogP contribution in [0.5, 0.6) is 5.75 Å². The average molecular weight is 266 g/mol. The number of methoxy groups -OCH3 is 1. The summed E-state index contributed by atoms with van der Waals surface area (Å²) in [5.74, 6) is 0.455. The van der Waals surface area contributed by atoms with Crippen LogP contribution in [0.3, 0.4) is 0 Å². The zero-order valence-corrected chi connectivity index (χ0v) is 11.1. The van der Waals surface area contributed by atoms with Crippen LogP contribution in [0.1, 0.15) is 15.9 Å². The first-order valence-electron chi connectivity index (χ1n) is 6.19. The molecule has 1 heterocycles. The predicted octanol–water partition coefficient (Wildman–Crippen LogP) is 2.91. The van der Waals surface area contributed by atoms with Crippen molar-refractivity contribution in [2.45, 2.75) is 0 Å². The summed E-state index contributed by atoms with van der Waals surface area (Å²) in [4.78, 5) is 14.1. The van der Waals surface area contributed by atoms with Gasteiger partial charge in [-0.15, -0.1) is 0 Å². The van der Waals surface area contributed by atoms with Crippen LogP contribution in [0.15, 0.2) is 49.0 Å². The van der Waals surface area contributed by atoms with Crippen LogP contribution in [0, 0.1) is 0 Å². The monoisotopic (exact) mass is 266 g/mol. The van der Waals surface area contributed by atoms with Crippen LogP contribution in [0.25, 0.3) is 5.70 Å². The Morgan fingerprint density at radius 2 is 1.85 bits per heavy atom. The van der Waals surface area contributed by atoms with Crippen molar-refractivity contribution in [2.24, 2.45) is 0 Å². The number of fused-ring (bicyclic) bond motifs is 1. The Labute approximate surface area is 117 Å². The number of hydrogen-bond donors (Lipinski definition) is 1. The zero-order chi connectivity index (χ0) is 14.3. The Morgan fingerprint density at radius 3 is 2.50 bits per heavy atom. The van der Waals surface area contributed by atoms with Crippen LogP contribution in [-0.4, -0.2) is 13.0 Å². The molecule has 2 N–H and O–H groups in total. The number of carbonyl (C=O) groups is 1. The van der Waals surface area contributed by atoms with E-state index in [2.05, 4.69) is 6.58 Å². The topological polar surface area (TPSA) is 55.6 Å². The number of hydrogen-bond acceptors (Lipinski definition) is 3. The second-order valence-corrected chi connectivity index (χ2v) is 4.56. The molecule has 100 valence electrons. The molecule has 4 heteroatoms. The maximum Gasteiger partial charge on any atom is 0.263 e. The summed E-state index contributed by atoms with van der Waals surface area (Å²) in [6, 6.07) is 12.7. The van der Waals surface area contributed by atoms with Crippen molar-refractivity contribution in [2.75, 3.05) is 17.7 Å². The predicted molar refractivity (Wildman–Crippen MR) is 79.7 cm³/mol. The van der Waals surface area contributed by atoms with Gasteiger partial charge in [-0.2, -0.15) is 0 Å². The molecule has 3 rings (SSSR count). The molecule has 20 heavy (non-hydrogen) atoms. The first kappa shape index (κ1) is 12.3. The molecule has 0 saturated carbocycles. The molecule has 0 atom stereocenters. The van der Waals surface area contributed by atoms with Gasteiger partial charge in [0.1, 0.15) is 5.75 Å². The lowest BCUT2D eigenvalue weighted by Crippen LogP contribution is -2.21. The van der Waals surface area contributed by atoms with Crippen molar-refractivity contribution in [1.29, 1.82) is 0 Å². The number of nitrogens with zero attached hydrogens (tertiary/aromatic N) is 1. The second-order valence-electron chi connectivity index (χ2n) is 4.56. The van der Waals surface area contributed by atoms with Crippen LogP contribution >= 0.6 is 0 Å². The van der Waals surface area contributed by atoms with Crippen molar-refractivity contribution < 1.29 is 9.53 Å². The second kappa shape index (κ2) is 4.42. The summed E-state index contributed by atoms with van der Waals surface area (Å²) < 4.78 is 5.20. The normalized spacial score (nSPS) is 13.6. The van der Waals surface area contributed by atoms with Crippen molar-refractivity contribution in [3.63, 3.8) is 0 Å². The molecular weight excluding hydrogens is 252 g/mol. The lowest BCUT2D eigenvalue weighted by atomic mass is 10.1. The van der Waals surface area contributed by atoms with Crippen LogP contribution in [0.4, 0.5) is 11.4 Å². The maximum atomic E-state index is 12.5. The van der Waals surface area contributed by atoms with Crippen molar-refractivity contribution in [3.05, 3.63) is 60.2 Å². The molecule has 4 nitrogen and oxygen atoms in total. The highest BCUT2D eigenvalue weighted by atomic mass is 16.5. The molecule has 1 aliphatic rings. The van der Waals surface area contributed by atoms with Gasteiger partial charge in [-0.1, -0.05) is 24.8 Å². The van der Waals surface area contributed by atoms with Crippen LogP contribution in [0.2, 0.25) is 0 Å². The largest absolute Gasteiger partial charge is 0.495 e. The minimum absolute atomic E-state index is 0.0857. The van der Waals surface area contributed by atoms with Gasteiger partial charge in [0.05, 0.1) is 24.2 Å². The fourth-order valence-electron chi connectivity index (χ4n) is 2.40. The molecule has 0 bridgehead atoms. The number of benzene rings is 2. The summed E-state index contributed by atoms with van der Waals surface area (Å²) in [7, 11) is 1.55. The third kappa shape index (κ3) is 1.66. The molecule has 1 aliphatic heterocycles. The quantitative estimate of drug-likeness (QED) is 0.850. The molecule has 0 unspecified atom stereocenters. The highest BCUT2D eigenvalue weighted by Crippen LogP contribution is 2.37. The minimum Gasteiger partial charge on any atom is -0.495 e. The summed E-state index contributed by atoms with van der Waals surface area (Å²) in [5.41, 5.74) is 9.21. The third-order valence-electron chi connectivity index (χ3n) is 3.42. The first-order chi connectivity index (χ1) is 9.63. The van der Waals surface area contributed by atoms with Crippen molar-refractivity contribution in [1.82, 2.24) is 0 Å². The van der Waals surface area contributed by atoms with Gasteiger partial charge in [0.15, 0.2) is 0 Å². The van der Waals surface area contributed by atoms with E-state index in [-0.39, 0.29) is 5.91 Å². The fraction of sp³-hybridized carbons (Fsp3) is 0.0625. The molecule has 2 aromatic carbocycles. The van der Waals surface area contributed by atoms with Crippen molar-refractivity contribution >= 4 is 23.0 Å². The van der Waals surface area contributed by atoms with Crippen LogP contribution < -0.4 is 15.4 Å². The minimum atomic E-state index is -0.0857. The smallest absolute Gasteiger partial charge is 0.263 e. The molecule has 0 saturated heterocycles. The standard InChI is InChI=1S/C16H14N2O2/c1-10-12-5-3-4-6-13(12)16(19)18(10)11-7-8-14(17)15(9-11)20-2/h3-9H,1,17H2,2H3. The fourth-order valence-corrected chi connectivity index (χ4v) is 2.40. The van der Waals surface area contributed by atoms with Gasteiger partial charge in [0.25, 0.3) is 5.91 Å². The van der Waals surface area contributed by atoms with E-state index in [1.165, 1.54) is 0 Å². The van der Waals surface area contributed by atoms with E-state index in [1.54, 1.807) is 36.3 Å².